The van der Waals surface area contributed by atoms with E-state index in [2.05, 4.69) is 36.4 Å². The Balaban J connectivity index is 2.43. The van der Waals surface area contributed by atoms with Crippen molar-refractivity contribution in [1.82, 2.24) is 10.2 Å². The predicted molar refractivity (Wildman–Crippen MR) is 74.9 cm³/mol. The SMILES string of the molecule is CC1CCCC(CNCC/C(N)=N/O)(N(C)C)C1. The van der Waals surface area contributed by atoms with Crippen molar-refractivity contribution in [3.63, 3.8) is 0 Å². The van der Waals surface area contributed by atoms with Crippen molar-refractivity contribution in [2.75, 3.05) is 27.2 Å². The smallest absolute Gasteiger partial charge is 0.140 e. The van der Waals surface area contributed by atoms with Gasteiger partial charge >= 0.3 is 0 Å². The van der Waals surface area contributed by atoms with Crippen LogP contribution in [0.5, 0.6) is 0 Å². The van der Waals surface area contributed by atoms with E-state index in [1.54, 1.807) is 0 Å². The molecule has 0 heterocycles. The second kappa shape index (κ2) is 6.95. The van der Waals surface area contributed by atoms with Crippen LogP contribution in [-0.4, -0.2) is 48.7 Å². The van der Waals surface area contributed by atoms with Gasteiger partial charge in [0.1, 0.15) is 5.84 Å². The zero-order valence-electron chi connectivity index (χ0n) is 11.9. The van der Waals surface area contributed by atoms with Crippen LogP contribution in [-0.2, 0) is 0 Å². The van der Waals surface area contributed by atoms with Crippen LogP contribution in [0.1, 0.15) is 39.0 Å². The number of rotatable bonds is 6. The number of hydrogen-bond acceptors (Lipinski definition) is 4. The minimum Gasteiger partial charge on any atom is -0.409 e. The minimum atomic E-state index is 0.267. The molecule has 0 aromatic rings. The van der Waals surface area contributed by atoms with Crippen molar-refractivity contribution in [2.24, 2.45) is 16.8 Å². The lowest BCUT2D eigenvalue weighted by Crippen LogP contribution is -2.54. The highest BCUT2D eigenvalue weighted by molar-refractivity contribution is 5.79. The molecule has 4 N–H and O–H groups in total. The van der Waals surface area contributed by atoms with E-state index < -0.39 is 0 Å². The lowest BCUT2D eigenvalue weighted by atomic mass is 9.75. The van der Waals surface area contributed by atoms with Crippen LogP contribution in [0.15, 0.2) is 5.16 Å². The van der Waals surface area contributed by atoms with Gasteiger partial charge in [-0.15, -0.1) is 0 Å². The van der Waals surface area contributed by atoms with E-state index >= 15 is 0 Å². The summed E-state index contributed by atoms with van der Waals surface area (Å²) in [7, 11) is 4.34. The number of oxime groups is 1. The Morgan fingerprint density at radius 2 is 2.28 bits per heavy atom. The monoisotopic (exact) mass is 256 g/mol. The second-order valence-electron chi connectivity index (χ2n) is 5.84. The van der Waals surface area contributed by atoms with Gasteiger partial charge in [0.05, 0.1) is 0 Å². The fourth-order valence-corrected chi connectivity index (χ4v) is 2.94. The van der Waals surface area contributed by atoms with Crippen molar-refractivity contribution in [2.45, 2.75) is 44.6 Å². The van der Waals surface area contributed by atoms with Gasteiger partial charge in [-0.25, -0.2) is 0 Å². The van der Waals surface area contributed by atoms with E-state index in [1.807, 2.05) is 0 Å². The van der Waals surface area contributed by atoms with Gasteiger partial charge in [-0.05, 0) is 32.9 Å². The number of likely N-dealkylation sites (N-methyl/N-ethyl adjacent to an activating group) is 1. The van der Waals surface area contributed by atoms with Crippen molar-refractivity contribution in [1.29, 1.82) is 0 Å². The molecule has 1 aliphatic carbocycles. The Kier molecular flexibility index (Phi) is 5.88. The molecule has 106 valence electrons. The maximum Gasteiger partial charge on any atom is 0.140 e. The first kappa shape index (κ1) is 15.2. The van der Waals surface area contributed by atoms with Crippen molar-refractivity contribution in [3.8, 4) is 0 Å². The van der Waals surface area contributed by atoms with Crippen LogP contribution < -0.4 is 11.1 Å². The van der Waals surface area contributed by atoms with Crippen molar-refractivity contribution >= 4 is 5.84 Å². The molecule has 0 aromatic carbocycles. The molecule has 2 unspecified atom stereocenters. The summed E-state index contributed by atoms with van der Waals surface area (Å²) in [6, 6.07) is 0. The number of nitrogens with two attached hydrogens (primary N) is 1. The first-order valence-corrected chi connectivity index (χ1v) is 6.85. The molecule has 1 aliphatic rings. The molecule has 1 fully saturated rings. The molecule has 18 heavy (non-hydrogen) atoms. The molecule has 0 spiro atoms. The average Bonchev–Trinajstić information content (AvgIpc) is 2.34. The fraction of sp³-hybridized carbons (Fsp3) is 0.923. The average molecular weight is 256 g/mol. The normalized spacial score (nSPS) is 29.8. The Labute approximate surface area is 110 Å². The number of hydrogen-bond donors (Lipinski definition) is 3. The van der Waals surface area contributed by atoms with Crippen LogP contribution in [0.2, 0.25) is 0 Å². The Morgan fingerprint density at radius 3 is 2.83 bits per heavy atom. The van der Waals surface area contributed by atoms with Crippen LogP contribution in [0, 0.1) is 5.92 Å². The molecule has 1 saturated carbocycles. The predicted octanol–water partition coefficient (Wildman–Crippen LogP) is 1.22. The minimum absolute atomic E-state index is 0.267. The Morgan fingerprint density at radius 1 is 1.56 bits per heavy atom. The first-order valence-electron chi connectivity index (χ1n) is 6.85. The van der Waals surface area contributed by atoms with Gasteiger partial charge in [-0.1, -0.05) is 24.9 Å². The molecule has 5 heteroatoms. The maximum absolute atomic E-state index is 8.48. The van der Waals surface area contributed by atoms with Gasteiger partial charge in [-0.2, -0.15) is 0 Å². The molecular weight excluding hydrogens is 228 g/mol. The Hall–Kier alpha value is -0.810. The van der Waals surface area contributed by atoms with Gasteiger partial charge in [-0.3, -0.25) is 0 Å². The topological polar surface area (TPSA) is 73.9 Å². The quantitative estimate of drug-likeness (QED) is 0.220. The zero-order valence-corrected chi connectivity index (χ0v) is 11.9. The molecule has 1 rings (SSSR count). The number of nitrogens with zero attached hydrogens (tertiary/aromatic N) is 2. The summed E-state index contributed by atoms with van der Waals surface area (Å²) in [5.74, 6) is 1.09. The largest absolute Gasteiger partial charge is 0.409 e. The summed E-state index contributed by atoms with van der Waals surface area (Å²) >= 11 is 0. The van der Waals surface area contributed by atoms with E-state index in [1.165, 1.54) is 25.7 Å². The van der Waals surface area contributed by atoms with Crippen LogP contribution in [0.3, 0.4) is 0 Å². The van der Waals surface area contributed by atoms with E-state index in [-0.39, 0.29) is 5.54 Å². The highest BCUT2D eigenvalue weighted by Gasteiger charge is 2.36. The highest BCUT2D eigenvalue weighted by atomic mass is 16.4. The lowest BCUT2D eigenvalue weighted by Gasteiger charge is -2.45. The standard InChI is InChI=1S/C13H28N4O/c1-11-5-4-7-13(9-11,17(2)3)10-15-8-6-12(14)16-18/h11,15,18H,4-10H2,1-3H3,(H2,14,16). The summed E-state index contributed by atoms with van der Waals surface area (Å²) in [5, 5.41) is 14.9. The molecule has 0 amide bonds. The van der Waals surface area contributed by atoms with Gasteiger partial charge in [0.25, 0.3) is 0 Å². The summed E-state index contributed by atoms with van der Waals surface area (Å²) in [6.45, 7) is 4.08. The highest BCUT2D eigenvalue weighted by Crippen LogP contribution is 2.35. The molecule has 0 aliphatic heterocycles. The van der Waals surface area contributed by atoms with Gasteiger partial charge in [0.15, 0.2) is 0 Å². The van der Waals surface area contributed by atoms with E-state index in [9.17, 15) is 0 Å². The van der Waals surface area contributed by atoms with E-state index in [0.717, 1.165) is 19.0 Å². The summed E-state index contributed by atoms with van der Waals surface area (Å²) in [6.07, 6.45) is 5.74. The van der Waals surface area contributed by atoms with Gasteiger partial charge < -0.3 is 21.2 Å². The zero-order chi connectivity index (χ0) is 13.6. The van der Waals surface area contributed by atoms with Crippen LogP contribution in [0.4, 0.5) is 0 Å². The van der Waals surface area contributed by atoms with Crippen LogP contribution in [0.25, 0.3) is 0 Å². The molecule has 2 atom stereocenters. The van der Waals surface area contributed by atoms with E-state index in [4.69, 9.17) is 10.9 Å². The third-order valence-corrected chi connectivity index (χ3v) is 4.16. The third-order valence-electron chi connectivity index (χ3n) is 4.16. The lowest BCUT2D eigenvalue weighted by molar-refractivity contribution is 0.0756. The number of amidine groups is 1. The third kappa shape index (κ3) is 4.14. The van der Waals surface area contributed by atoms with Gasteiger partial charge in [0, 0.05) is 25.0 Å². The summed E-state index contributed by atoms with van der Waals surface area (Å²) < 4.78 is 0. The first-order chi connectivity index (χ1) is 8.50. The van der Waals surface area contributed by atoms with Crippen molar-refractivity contribution in [3.05, 3.63) is 0 Å². The summed E-state index contributed by atoms with van der Waals surface area (Å²) in [5.41, 5.74) is 5.72. The van der Waals surface area contributed by atoms with Gasteiger partial charge in [0.2, 0.25) is 0 Å². The molecule has 0 bridgehead atoms. The van der Waals surface area contributed by atoms with Crippen LogP contribution >= 0.6 is 0 Å². The Bertz CT molecular complexity index is 280. The van der Waals surface area contributed by atoms with Crippen molar-refractivity contribution < 1.29 is 5.21 Å². The summed E-state index contributed by atoms with van der Waals surface area (Å²) in [4.78, 5) is 2.36. The van der Waals surface area contributed by atoms with E-state index in [0.29, 0.717) is 12.3 Å². The molecule has 0 aromatic heterocycles. The second-order valence-corrected chi connectivity index (χ2v) is 5.84. The molecule has 5 nitrogen and oxygen atoms in total. The molecular formula is C13H28N4O. The fourth-order valence-electron chi connectivity index (χ4n) is 2.94. The molecule has 0 radical (unpaired) electrons. The molecule has 0 saturated heterocycles. The maximum atomic E-state index is 8.48. The number of nitrogens with one attached hydrogen (secondary N) is 1.